The third-order valence-corrected chi connectivity index (χ3v) is 5.25. The van der Waals surface area contributed by atoms with Crippen molar-refractivity contribution in [2.24, 2.45) is 5.92 Å². The predicted octanol–water partition coefficient (Wildman–Crippen LogP) is 4.81. The molecule has 3 aromatic rings. The average Bonchev–Trinajstić information content (AvgIpc) is 3.15. The molecule has 0 fully saturated rings. The average molecular weight is 440 g/mol. The molecule has 3 amide bonds. The highest BCUT2D eigenvalue weighted by atomic mass is 16.4. The van der Waals surface area contributed by atoms with Crippen molar-refractivity contribution < 1.29 is 24.2 Å². The molecule has 2 aromatic carbocycles. The smallest absolute Gasteiger partial charge is 0.415 e. The van der Waals surface area contributed by atoms with E-state index in [4.69, 9.17) is 4.42 Å². The normalized spacial score (nSPS) is 12.1. The van der Waals surface area contributed by atoms with Crippen molar-refractivity contribution in [1.82, 2.24) is 15.2 Å². The van der Waals surface area contributed by atoms with Gasteiger partial charge >= 0.3 is 12.1 Å². The summed E-state index contributed by atoms with van der Waals surface area (Å²) in [6.45, 7) is 4.06. The van der Waals surface area contributed by atoms with Crippen molar-refractivity contribution in [3.05, 3.63) is 60.0 Å². The van der Waals surface area contributed by atoms with E-state index in [1.807, 2.05) is 50.2 Å². The van der Waals surface area contributed by atoms with Gasteiger partial charge in [0.15, 0.2) is 11.5 Å². The molecule has 1 unspecified atom stereocenters. The number of rotatable bonds is 9. The van der Waals surface area contributed by atoms with Crippen LogP contribution in [0.25, 0.3) is 11.1 Å². The van der Waals surface area contributed by atoms with E-state index >= 15 is 0 Å². The van der Waals surface area contributed by atoms with Crippen LogP contribution in [0.1, 0.15) is 38.1 Å². The lowest BCUT2D eigenvalue weighted by Gasteiger charge is -2.23. The van der Waals surface area contributed by atoms with Gasteiger partial charge in [-0.15, -0.1) is 0 Å². The molecule has 0 spiro atoms. The van der Waals surface area contributed by atoms with Gasteiger partial charge in [-0.1, -0.05) is 44.2 Å². The summed E-state index contributed by atoms with van der Waals surface area (Å²) in [5.74, 6) is 0.905. The van der Waals surface area contributed by atoms with Gasteiger partial charge in [-0.2, -0.15) is 0 Å². The van der Waals surface area contributed by atoms with E-state index in [1.165, 1.54) is 0 Å². The number of para-hydroxylation sites is 3. The number of hydrogen-bond donors (Lipinski definition) is 3. The number of amides is 3. The molecule has 0 radical (unpaired) electrons. The summed E-state index contributed by atoms with van der Waals surface area (Å²) in [6, 6.07) is 13.3. The Bertz CT molecular complexity index is 1030. The summed E-state index contributed by atoms with van der Waals surface area (Å²) in [6.07, 6.45) is 0.555. The van der Waals surface area contributed by atoms with Crippen molar-refractivity contribution in [1.29, 1.82) is 0 Å². The van der Waals surface area contributed by atoms with Gasteiger partial charge in [-0.3, -0.25) is 0 Å². The number of phenolic OH excluding ortho intramolecular Hbond substituents is 1. The number of urea groups is 1. The number of imide groups is 1. The number of nitrogens with one attached hydrogen (secondary N) is 1. The van der Waals surface area contributed by atoms with Crippen LogP contribution in [0, 0.1) is 5.92 Å². The summed E-state index contributed by atoms with van der Waals surface area (Å²) in [7, 11) is 0. The minimum Gasteiger partial charge on any atom is -0.508 e. The number of carbonyl (C=O) groups is 2. The molecule has 3 rings (SSSR count). The number of aryl methyl sites for hydroxylation is 1. The third-order valence-electron chi connectivity index (χ3n) is 5.25. The highest BCUT2D eigenvalue weighted by molar-refractivity contribution is 5.90. The zero-order valence-electron chi connectivity index (χ0n) is 18.3. The Hall–Kier alpha value is -3.55. The first-order valence-electron chi connectivity index (χ1n) is 10.8. The monoisotopic (exact) mass is 439 g/mol. The number of carboxylic acid groups (broad SMARTS) is 1. The van der Waals surface area contributed by atoms with Crippen molar-refractivity contribution in [2.75, 3.05) is 6.54 Å². The fourth-order valence-electron chi connectivity index (χ4n) is 3.42. The van der Waals surface area contributed by atoms with E-state index in [1.54, 1.807) is 12.1 Å². The van der Waals surface area contributed by atoms with Crippen molar-refractivity contribution >= 4 is 23.2 Å². The van der Waals surface area contributed by atoms with Gasteiger partial charge in [0.25, 0.3) is 0 Å². The molecule has 3 N–H and O–H groups in total. The summed E-state index contributed by atoms with van der Waals surface area (Å²) in [4.78, 5) is 29.7. The number of phenols is 1. The lowest BCUT2D eigenvalue weighted by atomic mass is 10.0. The summed E-state index contributed by atoms with van der Waals surface area (Å²) in [5.41, 5.74) is 2.12. The van der Waals surface area contributed by atoms with Crippen LogP contribution in [-0.4, -0.2) is 44.8 Å². The first-order valence-corrected chi connectivity index (χ1v) is 10.8. The minimum absolute atomic E-state index is 0.119. The number of aromatic hydroxyl groups is 1. The molecule has 8 nitrogen and oxygen atoms in total. The number of benzene rings is 2. The van der Waals surface area contributed by atoms with Gasteiger partial charge in [0.2, 0.25) is 0 Å². The Morgan fingerprint density at radius 3 is 2.50 bits per heavy atom. The van der Waals surface area contributed by atoms with Gasteiger partial charge in [0.05, 0.1) is 0 Å². The number of fused-ring (bicyclic) bond motifs is 1. The Kier molecular flexibility index (Phi) is 7.70. The summed E-state index contributed by atoms with van der Waals surface area (Å²) in [5, 5.41) is 22.4. The molecule has 0 bridgehead atoms. The zero-order valence-corrected chi connectivity index (χ0v) is 18.3. The van der Waals surface area contributed by atoms with Crippen molar-refractivity contribution in [3.8, 4) is 5.75 Å². The molecule has 0 saturated carbocycles. The van der Waals surface area contributed by atoms with Crippen LogP contribution in [-0.2, 0) is 12.8 Å². The van der Waals surface area contributed by atoms with E-state index in [9.17, 15) is 19.8 Å². The zero-order chi connectivity index (χ0) is 23.1. The summed E-state index contributed by atoms with van der Waals surface area (Å²) < 4.78 is 5.80. The van der Waals surface area contributed by atoms with E-state index in [0.717, 1.165) is 16.0 Å². The standard InChI is InChI=1S/C24H29N3O5/c1-16(2)13-14-27(24(30)31)23(29)25-18(12-11-17-7-3-5-9-20(17)28)15-22-26-19-8-4-6-10-21(19)32-22/h3-10,16,18,28H,11-15H2,1-2H3,(H,25,29)(H,30,31). The van der Waals surface area contributed by atoms with Gasteiger partial charge in [-0.25, -0.2) is 19.5 Å². The second-order valence-corrected chi connectivity index (χ2v) is 8.21. The van der Waals surface area contributed by atoms with E-state index in [2.05, 4.69) is 10.3 Å². The van der Waals surface area contributed by atoms with Crippen LogP contribution in [0.4, 0.5) is 9.59 Å². The van der Waals surface area contributed by atoms with Crippen LogP contribution in [0.2, 0.25) is 0 Å². The first-order chi connectivity index (χ1) is 15.3. The second-order valence-electron chi connectivity index (χ2n) is 8.21. The molecule has 8 heteroatoms. The molecule has 0 aliphatic heterocycles. The molecular formula is C24H29N3O5. The van der Waals surface area contributed by atoms with Gasteiger partial charge in [-0.05, 0) is 48.9 Å². The van der Waals surface area contributed by atoms with Crippen LogP contribution in [0.15, 0.2) is 52.9 Å². The highest BCUT2D eigenvalue weighted by Gasteiger charge is 2.25. The van der Waals surface area contributed by atoms with Crippen LogP contribution in [0.3, 0.4) is 0 Å². The van der Waals surface area contributed by atoms with Gasteiger partial charge < -0.3 is 19.9 Å². The maximum atomic E-state index is 12.8. The molecule has 0 saturated heterocycles. The third kappa shape index (κ3) is 6.23. The highest BCUT2D eigenvalue weighted by Crippen LogP contribution is 2.20. The molecule has 32 heavy (non-hydrogen) atoms. The molecule has 1 aromatic heterocycles. The second kappa shape index (κ2) is 10.7. The SMILES string of the molecule is CC(C)CCN(C(=O)O)C(=O)NC(CCc1ccccc1O)Cc1nc2ccccc2o1. The van der Waals surface area contributed by atoms with Crippen LogP contribution in [0.5, 0.6) is 5.75 Å². The van der Waals surface area contributed by atoms with Crippen molar-refractivity contribution in [3.63, 3.8) is 0 Å². The summed E-state index contributed by atoms with van der Waals surface area (Å²) >= 11 is 0. The lowest BCUT2D eigenvalue weighted by Crippen LogP contribution is -2.48. The van der Waals surface area contributed by atoms with Crippen LogP contribution < -0.4 is 5.32 Å². The topological polar surface area (TPSA) is 116 Å². The van der Waals surface area contributed by atoms with E-state index < -0.39 is 18.2 Å². The largest absolute Gasteiger partial charge is 0.508 e. The lowest BCUT2D eigenvalue weighted by molar-refractivity contribution is 0.144. The molecule has 0 aliphatic rings. The van der Waals surface area contributed by atoms with E-state index in [-0.39, 0.29) is 18.2 Å². The predicted molar refractivity (Wildman–Crippen MR) is 121 cm³/mol. The van der Waals surface area contributed by atoms with Gasteiger partial charge in [0, 0.05) is 19.0 Å². The van der Waals surface area contributed by atoms with Gasteiger partial charge in [0.1, 0.15) is 11.3 Å². The first kappa shape index (κ1) is 23.1. The Labute approximate surface area is 186 Å². The number of nitrogens with zero attached hydrogens (tertiary/aromatic N) is 2. The minimum atomic E-state index is -1.29. The van der Waals surface area contributed by atoms with Crippen LogP contribution >= 0.6 is 0 Å². The maximum absolute atomic E-state index is 12.8. The molecule has 1 atom stereocenters. The quantitative estimate of drug-likeness (QED) is 0.440. The fraction of sp³-hybridized carbons (Fsp3) is 0.375. The van der Waals surface area contributed by atoms with E-state index in [0.29, 0.717) is 37.2 Å². The molecule has 1 heterocycles. The Balaban J connectivity index is 1.76. The number of carbonyl (C=O) groups excluding carboxylic acids is 1. The number of oxazole rings is 1. The molecule has 170 valence electrons. The fourth-order valence-corrected chi connectivity index (χ4v) is 3.42. The molecule has 0 aliphatic carbocycles. The molecular weight excluding hydrogens is 410 g/mol. The Morgan fingerprint density at radius 1 is 1.09 bits per heavy atom. The number of hydrogen-bond acceptors (Lipinski definition) is 5. The number of aromatic nitrogens is 1. The Morgan fingerprint density at radius 2 is 1.81 bits per heavy atom. The van der Waals surface area contributed by atoms with Crippen molar-refractivity contribution in [2.45, 2.75) is 45.6 Å². The maximum Gasteiger partial charge on any atom is 0.415 e.